The van der Waals surface area contributed by atoms with Crippen molar-refractivity contribution < 1.29 is 0 Å². The molecule has 0 aliphatic carbocycles. The molecule has 72 valence electrons. The number of aryl methyl sites for hydroxylation is 2. The zero-order valence-corrected chi connectivity index (χ0v) is 10.3. The molecular formula is C9H8IN3S. The molecule has 0 aliphatic rings. The van der Waals surface area contributed by atoms with Gasteiger partial charge in [0, 0.05) is 18.8 Å². The number of nitrogens with zero attached hydrogens (tertiary/aromatic N) is 3. The first-order valence-corrected chi connectivity index (χ1v) is 6.11. The van der Waals surface area contributed by atoms with E-state index >= 15 is 0 Å². The summed E-state index contributed by atoms with van der Waals surface area (Å²) in [6, 6.07) is 4.04. The van der Waals surface area contributed by atoms with Crippen molar-refractivity contribution in [3.8, 4) is 0 Å². The minimum atomic E-state index is 0.951. The third kappa shape index (κ3) is 2.71. The van der Waals surface area contributed by atoms with Crippen LogP contribution in [0.3, 0.4) is 0 Å². The second kappa shape index (κ2) is 4.79. The predicted octanol–water partition coefficient (Wildman–Crippen LogP) is 2.32. The minimum absolute atomic E-state index is 0.951. The second-order valence-electron chi connectivity index (χ2n) is 2.81. The van der Waals surface area contributed by atoms with Crippen LogP contribution in [0.2, 0.25) is 0 Å². The van der Waals surface area contributed by atoms with Crippen LogP contribution in [0.25, 0.3) is 0 Å². The van der Waals surface area contributed by atoms with Gasteiger partial charge in [-0.2, -0.15) is 0 Å². The summed E-state index contributed by atoms with van der Waals surface area (Å²) in [5.41, 5.74) is 1.25. The molecule has 0 aromatic carbocycles. The lowest BCUT2D eigenvalue weighted by Gasteiger charge is -1.96. The van der Waals surface area contributed by atoms with Crippen LogP contribution >= 0.6 is 33.9 Å². The molecule has 0 atom stereocenters. The summed E-state index contributed by atoms with van der Waals surface area (Å²) in [7, 11) is 0. The maximum atomic E-state index is 4.07. The molecule has 0 saturated heterocycles. The SMILES string of the molecule is Ic1nnc(CCc2cccnc2)s1. The van der Waals surface area contributed by atoms with Crippen LogP contribution in [0, 0.1) is 3.01 Å². The summed E-state index contributed by atoms with van der Waals surface area (Å²) in [6.45, 7) is 0. The molecule has 2 rings (SSSR count). The van der Waals surface area contributed by atoms with Crippen molar-refractivity contribution in [1.29, 1.82) is 0 Å². The molecule has 2 aromatic heterocycles. The first kappa shape index (κ1) is 9.97. The molecule has 2 aromatic rings. The van der Waals surface area contributed by atoms with Gasteiger partial charge in [0.1, 0.15) is 5.01 Å². The molecule has 0 radical (unpaired) electrons. The van der Waals surface area contributed by atoms with Crippen LogP contribution in [0.1, 0.15) is 10.6 Å². The van der Waals surface area contributed by atoms with E-state index in [2.05, 4.69) is 43.8 Å². The van der Waals surface area contributed by atoms with Crippen LogP contribution < -0.4 is 0 Å². The molecule has 0 unspecified atom stereocenters. The van der Waals surface area contributed by atoms with Crippen LogP contribution in [0.5, 0.6) is 0 Å². The van der Waals surface area contributed by atoms with E-state index in [-0.39, 0.29) is 0 Å². The summed E-state index contributed by atoms with van der Waals surface area (Å²) in [4.78, 5) is 4.07. The van der Waals surface area contributed by atoms with Crippen molar-refractivity contribution in [1.82, 2.24) is 15.2 Å². The maximum absolute atomic E-state index is 4.07. The Balaban J connectivity index is 1.95. The van der Waals surface area contributed by atoms with Crippen molar-refractivity contribution in [2.75, 3.05) is 0 Å². The highest BCUT2D eigenvalue weighted by molar-refractivity contribution is 14.1. The topological polar surface area (TPSA) is 38.7 Å². The Bertz CT molecular complexity index is 401. The fourth-order valence-corrected chi connectivity index (χ4v) is 2.56. The van der Waals surface area contributed by atoms with Gasteiger partial charge in [-0.05, 0) is 40.6 Å². The van der Waals surface area contributed by atoms with Gasteiger partial charge in [-0.3, -0.25) is 4.98 Å². The van der Waals surface area contributed by atoms with Crippen molar-refractivity contribution >= 4 is 33.9 Å². The Morgan fingerprint density at radius 2 is 2.21 bits per heavy atom. The Labute approximate surface area is 99.7 Å². The molecular weight excluding hydrogens is 309 g/mol. The minimum Gasteiger partial charge on any atom is -0.264 e. The van der Waals surface area contributed by atoms with Gasteiger partial charge in [0.25, 0.3) is 0 Å². The zero-order chi connectivity index (χ0) is 9.80. The smallest absolute Gasteiger partial charge is 0.178 e. The zero-order valence-electron chi connectivity index (χ0n) is 7.35. The number of pyridine rings is 1. The Morgan fingerprint density at radius 3 is 2.86 bits per heavy atom. The molecule has 0 bridgehead atoms. The Hall–Kier alpha value is -0.560. The van der Waals surface area contributed by atoms with Crippen LogP contribution in [-0.2, 0) is 12.8 Å². The average Bonchev–Trinajstić information content (AvgIpc) is 2.63. The molecule has 0 spiro atoms. The average molecular weight is 317 g/mol. The Kier molecular flexibility index (Phi) is 3.41. The summed E-state index contributed by atoms with van der Waals surface area (Å²) >= 11 is 3.84. The normalized spacial score (nSPS) is 10.4. The molecule has 0 amide bonds. The molecule has 0 aliphatic heterocycles. The fraction of sp³-hybridized carbons (Fsp3) is 0.222. The predicted molar refractivity (Wildman–Crippen MR) is 64.3 cm³/mol. The molecule has 0 N–H and O–H groups in total. The summed E-state index contributed by atoms with van der Waals surface area (Å²) < 4.78 is 1.00. The first-order chi connectivity index (χ1) is 6.84. The summed E-state index contributed by atoms with van der Waals surface area (Å²) in [5.74, 6) is 0. The number of halogens is 1. The number of aromatic nitrogens is 3. The molecule has 0 fully saturated rings. The van der Waals surface area contributed by atoms with E-state index in [0.717, 1.165) is 20.9 Å². The van der Waals surface area contributed by atoms with E-state index in [0.29, 0.717) is 0 Å². The van der Waals surface area contributed by atoms with Gasteiger partial charge < -0.3 is 0 Å². The lowest BCUT2D eigenvalue weighted by molar-refractivity contribution is 0.895. The van der Waals surface area contributed by atoms with Gasteiger partial charge in [-0.1, -0.05) is 17.4 Å². The third-order valence-electron chi connectivity index (χ3n) is 1.79. The van der Waals surface area contributed by atoms with E-state index in [1.807, 2.05) is 12.3 Å². The van der Waals surface area contributed by atoms with Crippen LogP contribution in [0.4, 0.5) is 0 Å². The Morgan fingerprint density at radius 1 is 1.29 bits per heavy atom. The van der Waals surface area contributed by atoms with E-state index < -0.39 is 0 Å². The van der Waals surface area contributed by atoms with Crippen molar-refractivity contribution in [2.24, 2.45) is 0 Å². The van der Waals surface area contributed by atoms with Crippen molar-refractivity contribution in [2.45, 2.75) is 12.8 Å². The number of rotatable bonds is 3. The van der Waals surface area contributed by atoms with Crippen LogP contribution in [0.15, 0.2) is 24.5 Å². The van der Waals surface area contributed by atoms with Crippen molar-refractivity contribution in [3.05, 3.63) is 38.1 Å². The molecule has 14 heavy (non-hydrogen) atoms. The number of hydrogen-bond donors (Lipinski definition) is 0. The van der Waals surface area contributed by atoms with E-state index in [1.165, 1.54) is 5.56 Å². The highest BCUT2D eigenvalue weighted by Gasteiger charge is 2.01. The van der Waals surface area contributed by atoms with Gasteiger partial charge >= 0.3 is 0 Å². The molecule has 0 saturated carbocycles. The van der Waals surface area contributed by atoms with Crippen LogP contribution in [-0.4, -0.2) is 15.2 Å². The second-order valence-corrected chi connectivity index (χ2v) is 5.63. The van der Waals surface area contributed by atoms with Crippen molar-refractivity contribution in [3.63, 3.8) is 0 Å². The highest BCUT2D eigenvalue weighted by Crippen LogP contribution is 2.13. The molecule has 5 heteroatoms. The van der Waals surface area contributed by atoms with Gasteiger partial charge in [0.15, 0.2) is 3.01 Å². The first-order valence-electron chi connectivity index (χ1n) is 4.21. The lowest BCUT2D eigenvalue weighted by atomic mass is 10.2. The molecule has 3 nitrogen and oxygen atoms in total. The quantitative estimate of drug-likeness (QED) is 0.816. The van der Waals surface area contributed by atoms with E-state index in [9.17, 15) is 0 Å². The lowest BCUT2D eigenvalue weighted by Crippen LogP contribution is -1.90. The highest BCUT2D eigenvalue weighted by atomic mass is 127. The standard InChI is InChI=1S/C9H8IN3S/c10-9-13-12-8(14-9)4-3-7-2-1-5-11-6-7/h1-2,5-6H,3-4H2. The fourth-order valence-electron chi connectivity index (χ4n) is 1.13. The van der Waals surface area contributed by atoms with Gasteiger partial charge in [-0.25, -0.2) is 0 Å². The molecule has 2 heterocycles. The van der Waals surface area contributed by atoms with Gasteiger partial charge in [-0.15, -0.1) is 10.2 Å². The third-order valence-corrected chi connectivity index (χ3v) is 3.44. The number of hydrogen-bond acceptors (Lipinski definition) is 4. The summed E-state index contributed by atoms with van der Waals surface area (Å²) in [5, 5.41) is 9.14. The van der Waals surface area contributed by atoms with E-state index in [4.69, 9.17) is 0 Å². The van der Waals surface area contributed by atoms with E-state index in [1.54, 1.807) is 17.5 Å². The maximum Gasteiger partial charge on any atom is 0.178 e. The largest absolute Gasteiger partial charge is 0.264 e. The monoisotopic (exact) mass is 317 g/mol. The van der Waals surface area contributed by atoms with Gasteiger partial charge in [0.05, 0.1) is 0 Å². The summed E-state index contributed by atoms with van der Waals surface area (Å²) in [6.07, 6.45) is 5.62. The van der Waals surface area contributed by atoms with Gasteiger partial charge in [0.2, 0.25) is 0 Å².